The lowest BCUT2D eigenvalue weighted by atomic mass is 10.0. The molecule has 1 aromatic carbocycles. The van der Waals surface area contributed by atoms with E-state index in [-0.39, 0.29) is 12.3 Å². The van der Waals surface area contributed by atoms with Gasteiger partial charge in [0.1, 0.15) is 11.3 Å². The number of aryl methyl sites for hydroxylation is 1. The van der Waals surface area contributed by atoms with Crippen molar-refractivity contribution in [2.45, 2.75) is 32.6 Å². The quantitative estimate of drug-likeness (QED) is 0.817. The number of benzene rings is 1. The molecule has 1 fully saturated rings. The molecule has 2 aromatic rings. The van der Waals surface area contributed by atoms with Gasteiger partial charge in [-0.15, -0.1) is 0 Å². The molecular formula is C18H21NO4. The fraction of sp³-hybridized carbons (Fsp3) is 0.444. The summed E-state index contributed by atoms with van der Waals surface area (Å²) in [6, 6.07) is 5.38. The van der Waals surface area contributed by atoms with Crippen LogP contribution in [0.2, 0.25) is 0 Å². The van der Waals surface area contributed by atoms with Gasteiger partial charge in [-0.2, -0.15) is 0 Å². The van der Waals surface area contributed by atoms with Crippen LogP contribution in [0.25, 0.3) is 11.0 Å². The van der Waals surface area contributed by atoms with Crippen LogP contribution < -0.4 is 10.4 Å². The average molecular weight is 315 g/mol. The van der Waals surface area contributed by atoms with E-state index in [1.54, 1.807) is 13.2 Å². The van der Waals surface area contributed by atoms with Crippen molar-refractivity contribution < 1.29 is 13.9 Å². The SMILES string of the molecule is COc1ccc2c(C)c(CC(=O)N3CCCCC3)c(=O)oc2c1. The Balaban J connectivity index is 1.94. The van der Waals surface area contributed by atoms with Crippen LogP contribution in [0.5, 0.6) is 5.75 Å². The van der Waals surface area contributed by atoms with E-state index in [4.69, 9.17) is 9.15 Å². The molecule has 5 heteroatoms. The number of methoxy groups -OCH3 is 1. The highest BCUT2D eigenvalue weighted by molar-refractivity contribution is 5.85. The zero-order valence-corrected chi connectivity index (χ0v) is 13.6. The van der Waals surface area contributed by atoms with Crippen LogP contribution in [0.1, 0.15) is 30.4 Å². The number of nitrogens with zero attached hydrogens (tertiary/aromatic N) is 1. The summed E-state index contributed by atoms with van der Waals surface area (Å²) >= 11 is 0. The first-order chi connectivity index (χ1) is 11.1. The van der Waals surface area contributed by atoms with E-state index in [1.807, 2.05) is 24.0 Å². The first kappa shape index (κ1) is 15.6. The molecule has 1 saturated heterocycles. The highest BCUT2D eigenvalue weighted by Gasteiger charge is 2.20. The maximum Gasteiger partial charge on any atom is 0.340 e. The van der Waals surface area contributed by atoms with Gasteiger partial charge in [0.2, 0.25) is 5.91 Å². The van der Waals surface area contributed by atoms with Crippen LogP contribution >= 0.6 is 0 Å². The molecule has 0 spiro atoms. The highest BCUT2D eigenvalue weighted by Crippen LogP contribution is 2.24. The van der Waals surface area contributed by atoms with Gasteiger partial charge >= 0.3 is 5.63 Å². The molecule has 1 aliphatic heterocycles. The molecule has 0 aliphatic carbocycles. The summed E-state index contributed by atoms with van der Waals surface area (Å²) in [5.41, 5.74) is 1.32. The number of ether oxygens (including phenoxy) is 1. The Hall–Kier alpha value is -2.30. The van der Waals surface area contributed by atoms with Crippen molar-refractivity contribution in [3.8, 4) is 5.75 Å². The number of carbonyl (C=O) groups is 1. The van der Waals surface area contributed by atoms with Gasteiger partial charge in [-0.1, -0.05) is 0 Å². The van der Waals surface area contributed by atoms with Crippen molar-refractivity contribution in [1.82, 2.24) is 4.90 Å². The second kappa shape index (κ2) is 6.44. The van der Waals surface area contributed by atoms with Crippen molar-refractivity contribution in [2.24, 2.45) is 0 Å². The number of likely N-dealkylation sites (tertiary alicyclic amines) is 1. The van der Waals surface area contributed by atoms with Crippen LogP contribution in [0, 0.1) is 6.92 Å². The number of carbonyl (C=O) groups excluding carboxylic acids is 1. The van der Waals surface area contributed by atoms with E-state index in [1.165, 1.54) is 6.42 Å². The Kier molecular flexibility index (Phi) is 4.37. The van der Waals surface area contributed by atoms with Crippen molar-refractivity contribution in [3.63, 3.8) is 0 Å². The molecule has 5 nitrogen and oxygen atoms in total. The van der Waals surface area contributed by atoms with Gasteiger partial charge in [0.05, 0.1) is 19.1 Å². The lowest BCUT2D eigenvalue weighted by Gasteiger charge is -2.26. The van der Waals surface area contributed by atoms with E-state index >= 15 is 0 Å². The average Bonchev–Trinajstić information content (AvgIpc) is 2.58. The standard InChI is InChI=1S/C18H21NO4/c1-12-14-7-6-13(22-2)10-16(14)23-18(21)15(12)11-17(20)19-8-4-3-5-9-19/h6-7,10H,3-5,8-9,11H2,1-2H3. The summed E-state index contributed by atoms with van der Waals surface area (Å²) in [4.78, 5) is 26.6. The van der Waals surface area contributed by atoms with E-state index < -0.39 is 5.63 Å². The molecule has 1 aromatic heterocycles. The Labute approximate surface area is 134 Å². The third-order valence-electron chi connectivity index (χ3n) is 4.53. The van der Waals surface area contributed by atoms with Gasteiger partial charge in [-0.05, 0) is 43.9 Å². The minimum Gasteiger partial charge on any atom is -0.497 e. The summed E-state index contributed by atoms with van der Waals surface area (Å²) in [6.07, 6.45) is 3.35. The lowest BCUT2D eigenvalue weighted by molar-refractivity contribution is -0.131. The molecule has 3 rings (SSSR count). The number of amides is 1. The number of fused-ring (bicyclic) bond motifs is 1. The summed E-state index contributed by atoms with van der Waals surface area (Å²) in [7, 11) is 1.57. The number of piperidine rings is 1. The Morgan fingerprint density at radius 2 is 2.00 bits per heavy atom. The van der Waals surface area contributed by atoms with Crippen molar-refractivity contribution >= 4 is 16.9 Å². The predicted octanol–water partition coefficient (Wildman–Crippen LogP) is 2.67. The zero-order chi connectivity index (χ0) is 16.4. The zero-order valence-electron chi connectivity index (χ0n) is 13.6. The number of hydrogen-bond acceptors (Lipinski definition) is 4. The van der Waals surface area contributed by atoms with Gasteiger partial charge < -0.3 is 14.1 Å². The smallest absolute Gasteiger partial charge is 0.340 e. The molecular weight excluding hydrogens is 294 g/mol. The van der Waals surface area contributed by atoms with Gasteiger partial charge in [0, 0.05) is 24.5 Å². The summed E-state index contributed by atoms with van der Waals surface area (Å²) in [5.74, 6) is 0.644. The summed E-state index contributed by atoms with van der Waals surface area (Å²) < 4.78 is 10.6. The van der Waals surface area contributed by atoms with Crippen LogP contribution in [-0.2, 0) is 11.2 Å². The van der Waals surface area contributed by atoms with Crippen molar-refractivity contribution in [1.29, 1.82) is 0 Å². The van der Waals surface area contributed by atoms with E-state index in [9.17, 15) is 9.59 Å². The largest absolute Gasteiger partial charge is 0.497 e. The fourth-order valence-corrected chi connectivity index (χ4v) is 3.11. The number of hydrogen-bond donors (Lipinski definition) is 0. The normalized spacial score (nSPS) is 15.0. The van der Waals surface area contributed by atoms with Gasteiger partial charge in [0.15, 0.2) is 0 Å². The topological polar surface area (TPSA) is 59.8 Å². The number of rotatable bonds is 3. The van der Waals surface area contributed by atoms with Crippen LogP contribution in [-0.4, -0.2) is 31.0 Å². The molecule has 0 bridgehead atoms. The molecule has 122 valence electrons. The fourth-order valence-electron chi connectivity index (χ4n) is 3.11. The molecule has 1 amide bonds. The molecule has 2 heterocycles. The first-order valence-corrected chi connectivity index (χ1v) is 7.98. The van der Waals surface area contributed by atoms with E-state index in [2.05, 4.69) is 0 Å². The first-order valence-electron chi connectivity index (χ1n) is 7.98. The minimum atomic E-state index is -0.436. The summed E-state index contributed by atoms with van der Waals surface area (Å²) in [5, 5.41) is 0.840. The third-order valence-corrected chi connectivity index (χ3v) is 4.53. The molecule has 0 atom stereocenters. The van der Waals surface area contributed by atoms with Crippen molar-refractivity contribution in [3.05, 3.63) is 39.7 Å². The highest BCUT2D eigenvalue weighted by atomic mass is 16.5. The molecule has 1 aliphatic rings. The van der Waals surface area contributed by atoms with Gasteiger partial charge in [-0.3, -0.25) is 4.79 Å². The maximum atomic E-state index is 12.4. The maximum absolute atomic E-state index is 12.4. The molecule has 0 saturated carbocycles. The van der Waals surface area contributed by atoms with Gasteiger partial charge in [-0.25, -0.2) is 4.79 Å². The Morgan fingerprint density at radius 3 is 2.70 bits per heavy atom. The Bertz CT molecular complexity index is 787. The monoisotopic (exact) mass is 315 g/mol. The van der Waals surface area contributed by atoms with Crippen LogP contribution in [0.15, 0.2) is 27.4 Å². The Morgan fingerprint density at radius 1 is 1.26 bits per heavy atom. The third kappa shape index (κ3) is 3.09. The lowest BCUT2D eigenvalue weighted by Crippen LogP contribution is -2.37. The van der Waals surface area contributed by atoms with E-state index in [0.717, 1.165) is 36.9 Å². The van der Waals surface area contributed by atoms with Crippen LogP contribution in [0.4, 0.5) is 0 Å². The second-order valence-corrected chi connectivity index (χ2v) is 5.97. The molecule has 0 N–H and O–H groups in total. The van der Waals surface area contributed by atoms with Gasteiger partial charge in [0.25, 0.3) is 0 Å². The van der Waals surface area contributed by atoms with Crippen LogP contribution in [0.3, 0.4) is 0 Å². The van der Waals surface area contributed by atoms with E-state index in [0.29, 0.717) is 16.9 Å². The molecule has 0 unspecified atom stereocenters. The summed E-state index contributed by atoms with van der Waals surface area (Å²) in [6.45, 7) is 3.44. The second-order valence-electron chi connectivity index (χ2n) is 5.97. The minimum absolute atomic E-state index is 0.00737. The molecule has 0 radical (unpaired) electrons. The molecule has 23 heavy (non-hydrogen) atoms. The van der Waals surface area contributed by atoms with Crippen molar-refractivity contribution in [2.75, 3.05) is 20.2 Å². The predicted molar refractivity (Wildman–Crippen MR) is 87.9 cm³/mol.